The minimum absolute atomic E-state index is 0.0183. The third kappa shape index (κ3) is 5.46. The van der Waals surface area contributed by atoms with E-state index >= 15 is 0 Å². The molecule has 5 aromatic rings. The normalized spacial score (nSPS) is 12.6. The molecule has 252 valence electrons. The van der Waals surface area contributed by atoms with Crippen LogP contribution < -0.4 is 21.4 Å². The third-order valence-electron chi connectivity index (χ3n) is 10.7. The minimum Gasteiger partial charge on any atom is -0.392 e. The maximum absolute atomic E-state index is 10.7. The van der Waals surface area contributed by atoms with E-state index in [0.717, 1.165) is 90.2 Å². The summed E-state index contributed by atoms with van der Waals surface area (Å²) < 4.78 is 0. The van der Waals surface area contributed by atoms with Crippen LogP contribution in [0.15, 0.2) is 24.3 Å². The van der Waals surface area contributed by atoms with Gasteiger partial charge in [0.2, 0.25) is 0 Å². The highest BCUT2D eigenvalue weighted by Gasteiger charge is 2.24. The van der Waals surface area contributed by atoms with Gasteiger partial charge in [-0.1, -0.05) is 79.7 Å². The van der Waals surface area contributed by atoms with E-state index in [-0.39, 0.29) is 6.61 Å². The lowest BCUT2D eigenvalue weighted by Crippen LogP contribution is -2.19. The van der Waals surface area contributed by atoms with Crippen molar-refractivity contribution >= 4 is 23.8 Å². The van der Waals surface area contributed by atoms with Crippen molar-refractivity contribution in [3.05, 3.63) is 124 Å². The van der Waals surface area contributed by atoms with Crippen LogP contribution in [0.3, 0.4) is 0 Å². The van der Waals surface area contributed by atoms with Crippen LogP contribution in [0.1, 0.15) is 134 Å². The van der Waals surface area contributed by atoms with Crippen LogP contribution in [0.4, 0.5) is 0 Å². The van der Waals surface area contributed by atoms with Gasteiger partial charge >= 0.3 is 0 Å². The Hall–Kier alpha value is -4.22. The average molecular weight is 643 g/mol. The van der Waals surface area contributed by atoms with Crippen LogP contribution in [0.2, 0.25) is 0 Å². The van der Waals surface area contributed by atoms with E-state index in [1.807, 2.05) is 6.07 Å². The van der Waals surface area contributed by atoms with Crippen molar-refractivity contribution in [2.24, 2.45) is 0 Å². The largest absolute Gasteiger partial charge is 0.392 e. The van der Waals surface area contributed by atoms with Crippen LogP contribution in [0.25, 0.3) is 23.8 Å². The van der Waals surface area contributed by atoms with Crippen molar-refractivity contribution in [1.29, 1.82) is 0 Å². The summed E-state index contributed by atoms with van der Waals surface area (Å²) in [5, 5.41) is 15.4. The fourth-order valence-electron chi connectivity index (χ4n) is 8.54. The van der Waals surface area contributed by atoms with Crippen molar-refractivity contribution in [3.63, 3.8) is 0 Å². The molecule has 0 spiro atoms. The van der Waals surface area contributed by atoms with Gasteiger partial charge in [-0.2, -0.15) is 0 Å². The standard InChI is InChI=1S/C43H54N4O/c1-9-26-28(11-3)37-22-39-30(13-5)32(15-7)42(46-39)41(34-20-18-17-19-25(34)24-48)43-33(16-8)31(14-6)40(47-43)23-38-29(12-4)27(10-2)36(45-38)21-35(26)44-37/h17-23,44-48H,9-16,24H2,1-8H3. The lowest BCUT2D eigenvalue weighted by Gasteiger charge is -2.14. The van der Waals surface area contributed by atoms with Gasteiger partial charge in [0.05, 0.1) is 17.6 Å². The van der Waals surface area contributed by atoms with Crippen molar-refractivity contribution < 1.29 is 5.11 Å². The number of hydrogen-bond donors (Lipinski definition) is 5. The first kappa shape index (κ1) is 33.7. The second-order valence-electron chi connectivity index (χ2n) is 13.0. The topological polar surface area (TPSA) is 83.4 Å². The minimum atomic E-state index is -0.0183. The lowest BCUT2D eigenvalue weighted by molar-refractivity contribution is 0.281. The highest BCUT2D eigenvalue weighted by atomic mass is 16.3. The van der Waals surface area contributed by atoms with Gasteiger partial charge in [0, 0.05) is 38.7 Å². The van der Waals surface area contributed by atoms with E-state index in [1.165, 1.54) is 66.6 Å². The van der Waals surface area contributed by atoms with E-state index in [0.29, 0.717) is 0 Å². The zero-order chi connectivity index (χ0) is 34.1. The van der Waals surface area contributed by atoms with Gasteiger partial charge in [-0.05, 0) is 125 Å². The number of aromatic amines is 4. The van der Waals surface area contributed by atoms with Gasteiger partial charge in [-0.3, -0.25) is 0 Å². The van der Waals surface area contributed by atoms with Crippen molar-refractivity contribution in [2.45, 2.75) is 113 Å². The maximum atomic E-state index is 10.7. The number of hydrogen-bond acceptors (Lipinski definition) is 1. The molecule has 5 N–H and O–H groups in total. The molecule has 5 heteroatoms. The molecule has 0 radical (unpaired) electrons. The van der Waals surface area contributed by atoms with E-state index in [2.05, 4.69) is 112 Å². The van der Waals surface area contributed by atoms with Gasteiger partial charge in [0.25, 0.3) is 0 Å². The smallest absolute Gasteiger partial charge is 0.0687 e. The molecule has 0 saturated carbocycles. The summed E-state index contributed by atoms with van der Waals surface area (Å²) in [5.74, 6) is 0. The van der Waals surface area contributed by atoms with Gasteiger partial charge in [0.15, 0.2) is 0 Å². The summed E-state index contributed by atoms with van der Waals surface area (Å²) >= 11 is 0. The number of aliphatic hydroxyl groups excluding tert-OH is 1. The molecule has 0 atom stereocenters. The number of H-pyrrole nitrogens is 4. The number of nitrogens with one attached hydrogen (secondary N) is 4. The molecular weight excluding hydrogens is 589 g/mol. The number of benzene rings is 1. The zero-order valence-electron chi connectivity index (χ0n) is 30.4. The van der Waals surface area contributed by atoms with Crippen molar-refractivity contribution in [3.8, 4) is 0 Å². The monoisotopic (exact) mass is 642 g/mol. The summed E-state index contributed by atoms with van der Waals surface area (Å²) in [6.45, 7) is 18.2. The summed E-state index contributed by atoms with van der Waals surface area (Å²) in [5.41, 5.74) is 18.8. The Kier molecular flexibility index (Phi) is 9.89. The summed E-state index contributed by atoms with van der Waals surface area (Å²) in [4.78, 5) is 15.8. The number of fused-ring (bicyclic) bond motifs is 8. The zero-order valence-corrected chi connectivity index (χ0v) is 30.4. The fourth-order valence-corrected chi connectivity index (χ4v) is 8.54. The molecule has 4 aromatic heterocycles. The molecule has 0 saturated heterocycles. The van der Waals surface area contributed by atoms with E-state index < -0.39 is 0 Å². The van der Waals surface area contributed by atoms with E-state index in [9.17, 15) is 5.11 Å². The first-order valence-corrected chi connectivity index (χ1v) is 18.5. The molecule has 0 amide bonds. The molecule has 5 nitrogen and oxygen atoms in total. The lowest BCUT2D eigenvalue weighted by atomic mass is 9.91. The second-order valence-corrected chi connectivity index (χ2v) is 13.0. The quantitative estimate of drug-likeness (QED) is 0.124. The highest BCUT2D eigenvalue weighted by Crippen LogP contribution is 2.32. The van der Waals surface area contributed by atoms with Crippen molar-refractivity contribution in [1.82, 2.24) is 19.9 Å². The summed E-state index contributed by atoms with van der Waals surface area (Å²) in [7, 11) is 0. The van der Waals surface area contributed by atoms with Crippen LogP contribution in [0.5, 0.6) is 0 Å². The Labute approximate surface area is 285 Å². The Bertz CT molecular complexity index is 2210. The predicted molar refractivity (Wildman–Crippen MR) is 201 cm³/mol. The van der Waals surface area contributed by atoms with E-state index in [1.54, 1.807) is 0 Å². The Morgan fingerprint density at radius 1 is 0.458 bits per heavy atom. The molecule has 5 heterocycles. The maximum Gasteiger partial charge on any atom is 0.0687 e. The van der Waals surface area contributed by atoms with Crippen LogP contribution in [-0.2, 0) is 58.0 Å². The third-order valence-corrected chi connectivity index (χ3v) is 10.7. The SMILES string of the molecule is CCc1c2[nH]c(c1CC)C=c1[nH]c(c(CC)c1CC)=C(c1ccccc1CO)c1[nH]c(c(CC)c1CC)C=c1[nH]c(c(CC)c1CC)=C2. The highest BCUT2D eigenvalue weighted by molar-refractivity contribution is 5.83. The molecule has 6 rings (SSSR count). The van der Waals surface area contributed by atoms with Crippen molar-refractivity contribution in [2.75, 3.05) is 0 Å². The van der Waals surface area contributed by atoms with E-state index in [4.69, 9.17) is 0 Å². The van der Waals surface area contributed by atoms with Gasteiger partial charge in [0.1, 0.15) is 0 Å². The number of aromatic nitrogens is 4. The van der Waals surface area contributed by atoms with Crippen LogP contribution in [-0.4, -0.2) is 25.0 Å². The Morgan fingerprint density at radius 3 is 1.40 bits per heavy atom. The molecule has 8 bridgehead atoms. The number of aliphatic hydroxyl groups is 1. The molecule has 1 aliphatic rings. The van der Waals surface area contributed by atoms with Gasteiger partial charge < -0.3 is 25.0 Å². The Balaban J connectivity index is 1.92. The molecule has 48 heavy (non-hydrogen) atoms. The van der Waals surface area contributed by atoms with Gasteiger partial charge in [-0.15, -0.1) is 0 Å². The fraction of sp³-hybridized carbons (Fsp3) is 0.395. The molecule has 0 unspecified atom stereocenters. The molecular formula is C43H54N4O. The average Bonchev–Trinajstić information content (AvgIpc) is 3.84. The predicted octanol–water partition coefficient (Wildman–Crippen LogP) is 6.04. The summed E-state index contributed by atoms with van der Waals surface area (Å²) in [6.07, 6.45) is 14.6. The summed E-state index contributed by atoms with van der Waals surface area (Å²) in [6, 6.07) is 8.37. The number of rotatable bonds is 10. The van der Waals surface area contributed by atoms with Crippen LogP contribution in [0, 0.1) is 0 Å². The first-order chi connectivity index (χ1) is 23.4. The van der Waals surface area contributed by atoms with Gasteiger partial charge in [-0.25, -0.2) is 0 Å². The second kappa shape index (κ2) is 14.1. The Morgan fingerprint density at radius 2 is 0.896 bits per heavy atom. The van der Waals surface area contributed by atoms with Crippen LogP contribution >= 0.6 is 0 Å². The molecule has 1 aromatic carbocycles. The molecule has 0 fully saturated rings. The molecule has 0 aliphatic carbocycles. The molecule has 1 aliphatic heterocycles. The first-order valence-electron chi connectivity index (χ1n) is 18.5.